The second kappa shape index (κ2) is 7.88. The largest absolute Gasteiger partial charge is 0.493 e. The minimum absolute atomic E-state index is 0.478. The van der Waals surface area contributed by atoms with E-state index in [-0.39, 0.29) is 0 Å². The van der Waals surface area contributed by atoms with Crippen LogP contribution in [0.1, 0.15) is 11.1 Å². The lowest BCUT2D eigenvalue weighted by Gasteiger charge is -2.13. The van der Waals surface area contributed by atoms with E-state index in [0.717, 1.165) is 11.1 Å². The van der Waals surface area contributed by atoms with E-state index >= 15 is 0 Å². The predicted molar refractivity (Wildman–Crippen MR) is 82.6 cm³/mol. The normalized spacial score (nSPS) is 10.4. The number of hydrogen-bond donors (Lipinski definition) is 1. The molecule has 2 rings (SSSR count). The third-order valence-electron chi connectivity index (χ3n) is 3.01. The molecular formula is C16H18ClNO3. The number of hydroxylamine groups is 1. The maximum absolute atomic E-state index is 6.29. The average molecular weight is 308 g/mol. The van der Waals surface area contributed by atoms with Crippen LogP contribution in [0.4, 0.5) is 0 Å². The van der Waals surface area contributed by atoms with Crippen molar-refractivity contribution in [1.29, 1.82) is 0 Å². The van der Waals surface area contributed by atoms with Crippen LogP contribution in [0, 0.1) is 0 Å². The van der Waals surface area contributed by atoms with Crippen molar-refractivity contribution in [1.82, 2.24) is 5.48 Å². The van der Waals surface area contributed by atoms with E-state index in [1.54, 1.807) is 14.2 Å². The molecule has 0 heterocycles. The van der Waals surface area contributed by atoms with Gasteiger partial charge in [-0.2, -0.15) is 5.48 Å². The number of ether oxygens (including phenoxy) is 2. The quantitative estimate of drug-likeness (QED) is 0.627. The Hall–Kier alpha value is -1.75. The highest BCUT2D eigenvalue weighted by Crippen LogP contribution is 2.37. The van der Waals surface area contributed by atoms with Crippen LogP contribution in [-0.2, 0) is 18.0 Å². The van der Waals surface area contributed by atoms with E-state index in [2.05, 4.69) is 5.48 Å². The zero-order valence-electron chi connectivity index (χ0n) is 12.1. The van der Waals surface area contributed by atoms with Crippen molar-refractivity contribution >= 4 is 11.6 Å². The smallest absolute Gasteiger partial charge is 0.179 e. The summed E-state index contributed by atoms with van der Waals surface area (Å²) in [4.78, 5) is 5.43. The lowest BCUT2D eigenvalue weighted by molar-refractivity contribution is 0.0235. The highest BCUT2D eigenvalue weighted by Gasteiger charge is 2.12. The van der Waals surface area contributed by atoms with Gasteiger partial charge in [0, 0.05) is 6.54 Å². The topological polar surface area (TPSA) is 39.7 Å². The summed E-state index contributed by atoms with van der Waals surface area (Å²) in [5.41, 5.74) is 4.88. The summed E-state index contributed by atoms with van der Waals surface area (Å²) in [5, 5.41) is 0.521. The van der Waals surface area contributed by atoms with Gasteiger partial charge in [0.1, 0.15) is 0 Å². The van der Waals surface area contributed by atoms with Crippen molar-refractivity contribution in [2.45, 2.75) is 13.2 Å². The number of rotatable bonds is 7. The first-order valence-corrected chi connectivity index (χ1v) is 6.92. The number of halogens is 1. The van der Waals surface area contributed by atoms with E-state index in [9.17, 15) is 0 Å². The lowest BCUT2D eigenvalue weighted by atomic mass is 10.2. The standard InChI is InChI=1S/C16H18ClNO3/c1-19-14-9-8-13(15(17)16(14)20-2)10-18-21-11-12-6-4-3-5-7-12/h3-9,18H,10-11H2,1-2H3. The number of nitrogens with one attached hydrogen (secondary N) is 1. The zero-order valence-corrected chi connectivity index (χ0v) is 12.8. The molecule has 0 aliphatic rings. The summed E-state index contributed by atoms with van der Waals surface area (Å²) in [7, 11) is 3.14. The Balaban J connectivity index is 1.91. The molecule has 2 aromatic rings. The van der Waals surface area contributed by atoms with Crippen LogP contribution in [0.2, 0.25) is 5.02 Å². The molecular weight excluding hydrogens is 290 g/mol. The molecule has 1 N–H and O–H groups in total. The van der Waals surface area contributed by atoms with E-state index in [4.69, 9.17) is 25.9 Å². The molecule has 0 aliphatic carbocycles. The van der Waals surface area contributed by atoms with Gasteiger partial charge in [-0.25, -0.2) is 0 Å². The van der Waals surface area contributed by atoms with Gasteiger partial charge in [0.25, 0.3) is 0 Å². The second-order valence-corrected chi connectivity index (χ2v) is 4.75. The van der Waals surface area contributed by atoms with Gasteiger partial charge in [-0.1, -0.05) is 48.0 Å². The Morgan fingerprint density at radius 2 is 1.76 bits per heavy atom. The van der Waals surface area contributed by atoms with E-state index in [1.165, 1.54) is 0 Å². The summed E-state index contributed by atoms with van der Waals surface area (Å²) in [6.45, 7) is 0.970. The molecule has 5 heteroatoms. The molecule has 0 saturated heterocycles. The molecule has 0 unspecified atom stereocenters. The molecule has 2 aromatic carbocycles. The minimum Gasteiger partial charge on any atom is -0.493 e. The van der Waals surface area contributed by atoms with Crippen LogP contribution in [0.25, 0.3) is 0 Å². The molecule has 0 fully saturated rings. The highest BCUT2D eigenvalue weighted by atomic mass is 35.5. The van der Waals surface area contributed by atoms with Crippen LogP contribution >= 0.6 is 11.6 Å². The van der Waals surface area contributed by atoms with E-state index in [1.807, 2.05) is 42.5 Å². The maximum atomic E-state index is 6.29. The second-order valence-electron chi connectivity index (χ2n) is 4.37. The van der Waals surface area contributed by atoms with Gasteiger partial charge in [-0.3, -0.25) is 4.84 Å². The summed E-state index contributed by atoms with van der Waals surface area (Å²) in [5.74, 6) is 1.14. The lowest BCUT2D eigenvalue weighted by Crippen LogP contribution is -2.14. The van der Waals surface area contributed by atoms with Crippen molar-refractivity contribution in [3.63, 3.8) is 0 Å². The van der Waals surface area contributed by atoms with E-state index in [0.29, 0.717) is 29.7 Å². The molecule has 112 valence electrons. The fourth-order valence-electron chi connectivity index (χ4n) is 1.90. The first-order valence-electron chi connectivity index (χ1n) is 6.54. The van der Waals surface area contributed by atoms with Crippen molar-refractivity contribution in [3.05, 3.63) is 58.6 Å². The van der Waals surface area contributed by atoms with Crippen molar-refractivity contribution < 1.29 is 14.3 Å². The Bertz CT molecular complexity index is 575. The van der Waals surface area contributed by atoms with E-state index < -0.39 is 0 Å². The van der Waals surface area contributed by atoms with Gasteiger partial charge >= 0.3 is 0 Å². The van der Waals surface area contributed by atoms with Gasteiger partial charge in [-0.05, 0) is 17.2 Å². The molecule has 0 saturated carbocycles. The molecule has 0 aromatic heterocycles. The molecule has 4 nitrogen and oxygen atoms in total. The molecule has 21 heavy (non-hydrogen) atoms. The van der Waals surface area contributed by atoms with Crippen molar-refractivity contribution in [2.75, 3.05) is 14.2 Å². The first kappa shape index (κ1) is 15.6. The average Bonchev–Trinajstić information content (AvgIpc) is 2.53. The predicted octanol–water partition coefficient (Wildman–Crippen LogP) is 3.58. The van der Waals surface area contributed by atoms with Crippen LogP contribution in [0.5, 0.6) is 11.5 Å². The van der Waals surface area contributed by atoms with Gasteiger partial charge < -0.3 is 9.47 Å². The number of benzene rings is 2. The summed E-state index contributed by atoms with van der Waals surface area (Å²) >= 11 is 6.29. The van der Waals surface area contributed by atoms with Crippen molar-refractivity contribution in [2.24, 2.45) is 0 Å². The van der Waals surface area contributed by atoms with Gasteiger partial charge in [0.05, 0.1) is 25.8 Å². The molecule has 0 radical (unpaired) electrons. The summed E-state index contributed by atoms with van der Waals surface area (Å²) < 4.78 is 10.5. The fourth-order valence-corrected chi connectivity index (χ4v) is 2.20. The fraction of sp³-hybridized carbons (Fsp3) is 0.250. The molecule has 0 aliphatic heterocycles. The molecule has 0 bridgehead atoms. The molecule has 0 atom stereocenters. The zero-order chi connectivity index (χ0) is 15.1. The van der Waals surface area contributed by atoms with Crippen LogP contribution < -0.4 is 15.0 Å². The minimum atomic E-state index is 0.478. The Labute approximate surface area is 129 Å². The SMILES string of the molecule is COc1ccc(CNOCc2ccccc2)c(Cl)c1OC. The van der Waals surface area contributed by atoms with Gasteiger partial charge in [-0.15, -0.1) is 0 Å². The molecule has 0 spiro atoms. The van der Waals surface area contributed by atoms with Gasteiger partial charge in [0.15, 0.2) is 11.5 Å². The van der Waals surface area contributed by atoms with Crippen LogP contribution in [0.3, 0.4) is 0 Å². The highest BCUT2D eigenvalue weighted by molar-refractivity contribution is 6.33. The summed E-state index contributed by atoms with van der Waals surface area (Å²) in [6, 6.07) is 13.6. The number of hydrogen-bond acceptors (Lipinski definition) is 4. The van der Waals surface area contributed by atoms with Crippen LogP contribution in [0.15, 0.2) is 42.5 Å². The third kappa shape index (κ3) is 4.11. The van der Waals surface area contributed by atoms with Gasteiger partial charge in [0.2, 0.25) is 0 Å². The Morgan fingerprint density at radius 1 is 1.00 bits per heavy atom. The first-order chi connectivity index (χ1) is 10.3. The van der Waals surface area contributed by atoms with Crippen LogP contribution in [-0.4, -0.2) is 14.2 Å². The molecule has 0 amide bonds. The monoisotopic (exact) mass is 307 g/mol. The Kier molecular flexibility index (Phi) is 5.87. The number of methoxy groups -OCH3 is 2. The Morgan fingerprint density at radius 3 is 2.43 bits per heavy atom. The van der Waals surface area contributed by atoms with Crippen molar-refractivity contribution in [3.8, 4) is 11.5 Å². The third-order valence-corrected chi connectivity index (χ3v) is 3.43. The summed E-state index contributed by atoms with van der Waals surface area (Å²) in [6.07, 6.45) is 0. The maximum Gasteiger partial charge on any atom is 0.179 e.